The lowest BCUT2D eigenvalue weighted by Gasteiger charge is -2.33. The quantitative estimate of drug-likeness (QED) is 0.758. The lowest BCUT2D eigenvalue weighted by Crippen LogP contribution is -3.13. The highest BCUT2D eigenvalue weighted by Gasteiger charge is 2.30. The molecule has 2 aliphatic rings. The van der Waals surface area contributed by atoms with Gasteiger partial charge in [-0.05, 0) is 33.1 Å². The van der Waals surface area contributed by atoms with E-state index >= 15 is 0 Å². The number of nitrogens with zero attached hydrogens (tertiary/aromatic N) is 1. The summed E-state index contributed by atoms with van der Waals surface area (Å²) in [6.45, 7) is 9.58. The number of rotatable bonds is 5. The Morgan fingerprint density at radius 3 is 2.40 bits per heavy atom. The molecule has 1 N–H and O–H groups in total. The number of carbonyl (C=O) groups excluding carboxylic acids is 1. The van der Waals surface area contributed by atoms with E-state index in [2.05, 4.69) is 26.0 Å². The molecule has 3 nitrogen and oxygen atoms in total. The van der Waals surface area contributed by atoms with Gasteiger partial charge in [0.2, 0.25) is 5.91 Å². The van der Waals surface area contributed by atoms with Crippen LogP contribution in [0.3, 0.4) is 0 Å². The summed E-state index contributed by atoms with van der Waals surface area (Å²) in [5, 5.41) is 0. The predicted octanol–water partition coefficient (Wildman–Crippen LogP) is 1.51. The van der Waals surface area contributed by atoms with Crippen LogP contribution in [0, 0.1) is 11.8 Å². The number of likely N-dealkylation sites (tertiary alicyclic amines) is 1. The number of allylic oxidation sites excluding steroid dienone is 2. The molecule has 3 heteroatoms. The molecule has 1 aliphatic heterocycles. The summed E-state index contributed by atoms with van der Waals surface area (Å²) >= 11 is 0. The normalized spacial score (nSPS) is 30.2. The highest BCUT2D eigenvalue weighted by molar-refractivity contribution is 5.78. The van der Waals surface area contributed by atoms with E-state index in [1.165, 1.54) is 38.9 Å². The summed E-state index contributed by atoms with van der Waals surface area (Å²) in [5.74, 6) is 1.57. The Balaban J connectivity index is 1.74. The van der Waals surface area contributed by atoms with Gasteiger partial charge in [-0.1, -0.05) is 12.2 Å². The zero-order valence-electron chi connectivity index (χ0n) is 13.2. The second kappa shape index (κ2) is 7.82. The number of hydrogen-bond acceptors (Lipinski definition) is 1. The second-order valence-electron chi connectivity index (χ2n) is 6.39. The van der Waals surface area contributed by atoms with Gasteiger partial charge in [-0.2, -0.15) is 0 Å². The maximum atomic E-state index is 12.4. The Kier molecular flexibility index (Phi) is 6.08. The molecule has 1 amide bonds. The first-order valence-corrected chi connectivity index (χ1v) is 8.51. The van der Waals surface area contributed by atoms with Crippen LogP contribution >= 0.6 is 0 Å². The molecule has 0 spiro atoms. The largest absolute Gasteiger partial charge is 0.343 e. The first-order valence-electron chi connectivity index (χ1n) is 8.51. The van der Waals surface area contributed by atoms with Gasteiger partial charge in [0.05, 0.1) is 19.6 Å². The van der Waals surface area contributed by atoms with Crippen molar-refractivity contribution in [1.29, 1.82) is 0 Å². The van der Waals surface area contributed by atoms with Crippen LogP contribution in [0.25, 0.3) is 0 Å². The number of nitrogens with one attached hydrogen (secondary N) is 1. The van der Waals surface area contributed by atoms with Gasteiger partial charge in [0.15, 0.2) is 0 Å². The molecule has 0 aromatic carbocycles. The van der Waals surface area contributed by atoms with Crippen LogP contribution in [0.5, 0.6) is 0 Å². The Morgan fingerprint density at radius 1 is 1.15 bits per heavy atom. The van der Waals surface area contributed by atoms with Crippen molar-refractivity contribution in [1.82, 2.24) is 4.90 Å². The number of quaternary nitrogens is 1. The fraction of sp³-hybridized carbons (Fsp3) is 0.824. The first kappa shape index (κ1) is 15.6. The zero-order chi connectivity index (χ0) is 14.4. The van der Waals surface area contributed by atoms with Gasteiger partial charge in [0, 0.05) is 37.8 Å². The molecule has 114 valence electrons. The molecule has 1 saturated heterocycles. The fourth-order valence-electron chi connectivity index (χ4n) is 3.72. The second-order valence-corrected chi connectivity index (χ2v) is 6.39. The Morgan fingerprint density at radius 2 is 1.85 bits per heavy atom. The fourth-order valence-corrected chi connectivity index (χ4v) is 3.72. The minimum atomic E-state index is 0.296. The maximum Gasteiger partial charge on any atom is 0.226 e. The van der Waals surface area contributed by atoms with Crippen LogP contribution in [-0.2, 0) is 4.79 Å². The summed E-state index contributed by atoms with van der Waals surface area (Å²) in [7, 11) is 0. The van der Waals surface area contributed by atoms with Crippen molar-refractivity contribution in [2.24, 2.45) is 11.8 Å². The molecule has 2 rings (SSSR count). The molecule has 0 aromatic heterocycles. The summed E-state index contributed by atoms with van der Waals surface area (Å²) in [6.07, 6.45) is 10.7. The highest BCUT2D eigenvalue weighted by atomic mass is 16.2. The summed E-state index contributed by atoms with van der Waals surface area (Å²) in [5.41, 5.74) is 0. The zero-order valence-corrected chi connectivity index (χ0v) is 13.2. The number of hydrogen-bond donors (Lipinski definition) is 1. The van der Waals surface area contributed by atoms with Crippen LogP contribution in [-0.4, -0.2) is 43.5 Å². The minimum absolute atomic E-state index is 0.296. The topological polar surface area (TPSA) is 24.8 Å². The van der Waals surface area contributed by atoms with Crippen molar-refractivity contribution in [3.63, 3.8) is 0 Å². The van der Waals surface area contributed by atoms with Gasteiger partial charge < -0.3 is 9.80 Å². The lowest BCUT2D eigenvalue weighted by molar-refractivity contribution is -0.909. The Bertz CT molecular complexity index is 328. The summed E-state index contributed by atoms with van der Waals surface area (Å²) in [6, 6.07) is 0. The third-order valence-corrected chi connectivity index (χ3v) is 5.07. The average Bonchev–Trinajstić information content (AvgIpc) is 2.50. The van der Waals surface area contributed by atoms with E-state index in [9.17, 15) is 4.79 Å². The summed E-state index contributed by atoms with van der Waals surface area (Å²) in [4.78, 5) is 16.1. The number of amides is 1. The number of carbonyl (C=O) groups is 1. The molecule has 0 aromatic rings. The molecule has 0 radical (unpaired) electrons. The third-order valence-electron chi connectivity index (χ3n) is 5.07. The highest BCUT2D eigenvalue weighted by Crippen LogP contribution is 2.17. The van der Waals surface area contributed by atoms with Gasteiger partial charge in [-0.25, -0.2) is 0 Å². The molecule has 1 aliphatic carbocycles. The van der Waals surface area contributed by atoms with Crippen molar-refractivity contribution < 1.29 is 9.69 Å². The van der Waals surface area contributed by atoms with Crippen molar-refractivity contribution in [3.05, 3.63) is 12.2 Å². The standard InChI is InChI=1S/C17H30N2O/c1-3-19(4-2)17(20)16-10-12-18(13-11-16)14-15-8-6-5-7-9-15/h5-6,15-16H,3-4,7-14H2,1-2H3/p+1/t15-/m0/s1. The van der Waals surface area contributed by atoms with Gasteiger partial charge in [-0.15, -0.1) is 0 Å². The molecule has 1 heterocycles. The van der Waals surface area contributed by atoms with E-state index in [-0.39, 0.29) is 0 Å². The van der Waals surface area contributed by atoms with Crippen molar-refractivity contribution in [2.75, 3.05) is 32.7 Å². The molecule has 20 heavy (non-hydrogen) atoms. The SMILES string of the molecule is CCN(CC)C(=O)C1CC[NH+](C[C@H]2CC=CCC2)CC1. The predicted molar refractivity (Wildman–Crippen MR) is 82.7 cm³/mol. The van der Waals surface area contributed by atoms with Gasteiger partial charge in [0.25, 0.3) is 0 Å². The van der Waals surface area contributed by atoms with Gasteiger partial charge >= 0.3 is 0 Å². The Labute approximate surface area is 124 Å². The van der Waals surface area contributed by atoms with Crippen molar-refractivity contribution in [3.8, 4) is 0 Å². The first-order chi connectivity index (χ1) is 9.74. The summed E-state index contributed by atoms with van der Waals surface area (Å²) < 4.78 is 0. The van der Waals surface area contributed by atoms with Crippen molar-refractivity contribution >= 4 is 5.91 Å². The van der Waals surface area contributed by atoms with E-state index in [0.717, 1.165) is 31.8 Å². The minimum Gasteiger partial charge on any atom is -0.343 e. The third kappa shape index (κ3) is 4.08. The van der Waals surface area contributed by atoms with E-state index in [1.54, 1.807) is 4.90 Å². The average molecular weight is 279 g/mol. The van der Waals surface area contributed by atoms with E-state index in [1.807, 2.05) is 4.90 Å². The molecule has 0 saturated carbocycles. The van der Waals surface area contributed by atoms with E-state index < -0.39 is 0 Å². The molecular weight excluding hydrogens is 248 g/mol. The van der Waals surface area contributed by atoms with Crippen molar-refractivity contribution in [2.45, 2.75) is 46.0 Å². The van der Waals surface area contributed by atoms with Gasteiger partial charge in [-0.3, -0.25) is 4.79 Å². The van der Waals surface area contributed by atoms with Crippen LogP contribution in [0.15, 0.2) is 12.2 Å². The van der Waals surface area contributed by atoms with Crippen LogP contribution in [0.4, 0.5) is 0 Å². The maximum absolute atomic E-state index is 12.4. The molecular formula is C17H31N2O+. The number of piperidine rings is 1. The Hall–Kier alpha value is -0.830. The smallest absolute Gasteiger partial charge is 0.226 e. The lowest BCUT2D eigenvalue weighted by atomic mass is 9.91. The van der Waals surface area contributed by atoms with E-state index in [4.69, 9.17) is 0 Å². The molecule has 1 fully saturated rings. The van der Waals surface area contributed by atoms with Crippen LogP contribution in [0.1, 0.15) is 46.0 Å². The molecule has 0 bridgehead atoms. The van der Waals surface area contributed by atoms with Crippen LogP contribution in [0.2, 0.25) is 0 Å². The van der Waals surface area contributed by atoms with Gasteiger partial charge in [0.1, 0.15) is 0 Å². The molecule has 1 atom stereocenters. The van der Waals surface area contributed by atoms with Crippen LogP contribution < -0.4 is 4.90 Å². The van der Waals surface area contributed by atoms with E-state index in [0.29, 0.717) is 11.8 Å². The monoisotopic (exact) mass is 279 g/mol. The molecule has 0 unspecified atom stereocenters.